The first kappa shape index (κ1) is 18.7. The summed E-state index contributed by atoms with van der Waals surface area (Å²) in [4.78, 5) is 25.7. The quantitative estimate of drug-likeness (QED) is 0.782. The molecule has 1 aromatic carbocycles. The third-order valence-corrected chi connectivity index (χ3v) is 6.02. The molecule has 0 saturated carbocycles. The average Bonchev–Trinajstić information content (AvgIpc) is 2.87. The minimum absolute atomic E-state index is 0.0671. The molecule has 1 fully saturated rings. The molecule has 0 aromatic heterocycles. The Bertz CT molecular complexity index is 721. The van der Waals surface area contributed by atoms with E-state index < -0.39 is 27.7 Å². The Morgan fingerprint density at radius 1 is 1.38 bits per heavy atom. The molecule has 1 saturated heterocycles. The van der Waals surface area contributed by atoms with Gasteiger partial charge in [-0.25, -0.2) is 8.42 Å². The molecule has 24 heavy (non-hydrogen) atoms. The Labute approximate surface area is 147 Å². The standard InChI is InChI=1S/C16H21ClN2O4S/c1-2-19(14-7-9-24(22,23)11-14)16(21)15(20)18-8-6-12-4-3-5-13(17)10-12/h3-5,10,14H,2,6-9,11H2,1H3,(H,18,20). The van der Waals surface area contributed by atoms with E-state index >= 15 is 0 Å². The molecule has 2 rings (SSSR count). The van der Waals surface area contributed by atoms with Crippen molar-refractivity contribution in [3.8, 4) is 0 Å². The molecule has 1 heterocycles. The van der Waals surface area contributed by atoms with Crippen LogP contribution in [-0.2, 0) is 25.8 Å². The predicted molar refractivity (Wildman–Crippen MR) is 92.6 cm³/mol. The van der Waals surface area contributed by atoms with Gasteiger partial charge in [0, 0.05) is 24.2 Å². The molecule has 1 N–H and O–H groups in total. The summed E-state index contributed by atoms with van der Waals surface area (Å²) in [6.07, 6.45) is 0.946. The molecule has 1 unspecified atom stereocenters. The molecule has 0 spiro atoms. The van der Waals surface area contributed by atoms with E-state index in [0.29, 0.717) is 31.0 Å². The van der Waals surface area contributed by atoms with E-state index in [1.807, 2.05) is 12.1 Å². The summed E-state index contributed by atoms with van der Waals surface area (Å²) in [5.41, 5.74) is 0.962. The van der Waals surface area contributed by atoms with Gasteiger partial charge in [-0.3, -0.25) is 9.59 Å². The van der Waals surface area contributed by atoms with Crippen LogP contribution in [0, 0.1) is 0 Å². The molecule has 132 valence electrons. The van der Waals surface area contributed by atoms with E-state index in [2.05, 4.69) is 5.32 Å². The molecule has 8 heteroatoms. The summed E-state index contributed by atoms with van der Waals surface area (Å²) in [5, 5.41) is 3.21. The lowest BCUT2D eigenvalue weighted by Gasteiger charge is -2.26. The van der Waals surface area contributed by atoms with E-state index in [0.717, 1.165) is 5.56 Å². The molecular formula is C16H21ClN2O4S. The maximum Gasteiger partial charge on any atom is 0.312 e. The Morgan fingerprint density at radius 3 is 2.71 bits per heavy atom. The normalized spacial score (nSPS) is 19.0. The molecule has 1 aromatic rings. The summed E-state index contributed by atoms with van der Waals surface area (Å²) in [7, 11) is -3.10. The highest BCUT2D eigenvalue weighted by Gasteiger charge is 2.35. The Hall–Kier alpha value is -1.60. The van der Waals surface area contributed by atoms with Gasteiger partial charge in [0.1, 0.15) is 0 Å². The summed E-state index contributed by atoms with van der Waals surface area (Å²) >= 11 is 5.90. The SMILES string of the molecule is CCN(C(=O)C(=O)NCCc1cccc(Cl)c1)C1CCS(=O)(=O)C1. The van der Waals surface area contributed by atoms with Crippen molar-refractivity contribution in [2.24, 2.45) is 0 Å². The van der Waals surface area contributed by atoms with E-state index in [1.165, 1.54) is 4.90 Å². The third-order valence-electron chi connectivity index (χ3n) is 4.03. The van der Waals surface area contributed by atoms with E-state index in [9.17, 15) is 18.0 Å². The van der Waals surface area contributed by atoms with Crippen molar-refractivity contribution in [2.75, 3.05) is 24.6 Å². The number of nitrogens with zero attached hydrogens (tertiary/aromatic N) is 1. The predicted octanol–water partition coefficient (Wildman–Crippen LogP) is 1.03. The maximum atomic E-state index is 12.3. The average molecular weight is 373 g/mol. The molecule has 2 amide bonds. The lowest BCUT2D eigenvalue weighted by atomic mass is 10.1. The van der Waals surface area contributed by atoms with Crippen LogP contribution >= 0.6 is 11.6 Å². The zero-order chi connectivity index (χ0) is 17.7. The first-order valence-electron chi connectivity index (χ1n) is 7.86. The number of likely N-dealkylation sites (N-methyl/N-ethyl adjacent to an activating group) is 1. The number of hydrogen-bond donors (Lipinski definition) is 1. The number of halogens is 1. The highest BCUT2D eigenvalue weighted by Crippen LogP contribution is 2.17. The van der Waals surface area contributed by atoms with Crippen LogP contribution in [0.15, 0.2) is 24.3 Å². The van der Waals surface area contributed by atoms with Crippen LogP contribution in [0.4, 0.5) is 0 Å². The van der Waals surface area contributed by atoms with Crippen LogP contribution in [0.2, 0.25) is 5.02 Å². The van der Waals surface area contributed by atoms with Crippen molar-refractivity contribution in [1.29, 1.82) is 0 Å². The number of rotatable bonds is 5. The molecule has 1 aliphatic rings. The van der Waals surface area contributed by atoms with Gasteiger partial charge in [0.05, 0.1) is 11.5 Å². The minimum atomic E-state index is -3.10. The van der Waals surface area contributed by atoms with Crippen LogP contribution in [0.5, 0.6) is 0 Å². The van der Waals surface area contributed by atoms with E-state index in [4.69, 9.17) is 11.6 Å². The second kappa shape index (κ2) is 7.98. The molecular weight excluding hydrogens is 352 g/mol. The Balaban J connectivity index is 1.87. The van der Waals surface area contributed by atoms with Gasteiger partial charge >= 0.3 is 11.8 Å². The number of hydrogen-bond acceptors (Lipinski definition) is 4. The molecule has 0 radical (unpaired) electrons. The Morgan fingerprint density at radius 2 is 2.12 bits per heavy atom. The van der Waals surface area contributed by atoms with Gasteiger partial charge in [-0.05, 0) is 37.5 Å². The van der Waals surface area contributed by atoms with Crippen LogP contribution in [0.25, 0.3) is 0 Å². The number of nitrogens with one attached hydrogen (secondary N) is 1. The molecule has 1 atom stereocenters. The van der Waals surface area contributed by atoms with Crippen molar-refractivity contribution in [3.63, 3.8) is 0 Å². The number of carbonyl (C=O) groups excluding carboxylic acids is 2. The molecule has 1 aliphatic heterocycles. The van der Waals surface area contributed by atoms with Gasteiger partial charge in [-0.15, -0.1) is 0 Å². The lowest BCUT2D eigenvalue weighted by Crippen LogP contribution is -2.48. The zero-order valence-corrected chi connectivity index (χ0v) is 15.1. The Kier molecular flexibility index (Phi) is 6.23. The number of sulfone groups is 1. The second-order valence-corrected chi connectivity index (χ2v) is 8.45. The fourth-order valence-electron chi connectivity index (χ4n) is 2.81. The van der Waals surface area contributed by atoms with Gasteiger partial charge in [0.2, 0.25) is 0 Å². The van der Waals surface area contributed by atoms with Crippen LogP contribution in [0.1, 0.15) is 18.9 Å². The van der Waals surface area contributed by atoms with Crippen LogP contribution in [0.3, 0.4) is 0 Å². The van der Waals surface area contributed by atoms with E-state index in [-0.39, 0.29) is 11.5 Å². The fraction of sp³-hybridized carbons (Fsp3) is 0.500. The molecule has 6 nitrogen and oxygen atoms in total. The van der Waals surface area contributed by atoms with Crippen molar-refractivity contribution in [2.45, 2.75) is 25.8 Å². The minimum Gasteiger partial charge on any atom is -0.347 e. The summed E-state index contributed by atoms with van der Waals surface area (Å²) in [5.74, 6) is -1.38. The van der Waals surface area contributed by atoms with Gasteiger partial charge in [0.25, 0.3) is 0 Å². The highest BCUT2D eigenvalue weighted by molar-refractivity contribution is 7.91. The monoisotopic (exact) mass is 372 g/mol. The third kappa shape index (κ3) is 4.95. The van der Waals surface area contributed by atoms with Gasteiger partial charge < -0.3 is 10.2 Å². The summed E-state index contributed by atoms with van der Waals surface area (Å²) < 4.78 is 23.1. The summed E-state index contributed by atoms with van der Waals surface area (Å²) in [6, 6.07) is 6.87. The number of benzene rings is 1. The van der Waals surface area contributed by atoms with Crippen molar-refractivity contribution >= 4 is 33.3 Å². The number of carbonyl (C=O) groups is 2. The smallest absolute Gasteiger partial charge is 0.312 e. The molecule has 0 bridgehead atoms. The molecule has 0 aliphatic carbocycles. The maximum absolute atomic E-state index is 12.3. The van der Waals surface area contributed by atoms with E-state index in [1.54, 1.807) is 19.1 Å². The van der Waals surface area contributed by atoms with Gasteiger partial charge in [0.15, 0.2) is 9.84 Å². The van der Waals surface area contributed by atoms with Gasteiger partial charge in [-0.2, -0.15) is 0 Å². The topological polar surface area (TPSA) is 83.6 Å². The largest absolute Gasteiger partial charge is 0.347 e. The second-order valence-electron chi connectivity index (χ2n) is 5.78. The highest BCUT2D eigenvalue weighted by atomic mass is 35.5. The van der Waals surface area contributed by atoms with Crippen LogP contribution in [-0.4, -0.2) is 55.8 Å². The van der Waals surface area contributed by atoms with Crippen molar-refractivity contribution in [3.05, 3.63) is 34.9 Å². The van der Waals surface area contributed by atoms with Crippen molar-refractivity contribution in [1.82, 2.24) is 10.2 Å². The summed E-state index contributed by atoms with van der Waals surface area (Å²) in [6.45, 7) is 2.36. The van der Waals surface area contributed by atoms with Crippen molar-refractivity contribution < 1.29 is 18.0 Å². The first-order chi connectivity index (χ1) is 11.3. The first-order valence-corrected chi connectivity index (χ1v) is 10.1. The van der Waals surface area contributed by atoms with Gasteiger partial charge in [-0.1, -0.05) is 23.7 Å². The lowest BCUT2D eigenvalue weighted by molar-refractivity contribution is -0.146. The fourth-order valence-corrected chi connectivity index (χ4v) is 4.75. The zero-order valence-electron chi connectivity index (χ0n) is 13.5. The number of amides is 2. The van der Waals surface area contributed by atoms with Crippen LogP contribution < -0.4 is 5.32 Å².